The fraction of sp³-hybridized carbons (Fsp3) is 0.375. The van der Waals surface area contributed by atoms with E-state index in [9.17, 15) is 14.9 Å². The Bertz CT molecular complexity index is 790. The molecule has 0 atom stereocenters. The van der Waals surface area contributed by atoms with Crippen LogP contribution in [0.5, 0.6) is 5.75 Å². The monoisotopic (exact) mass is 332 g/mol. The van der Waals surface area contributed by atoms with Gasteiger partial charge in [0.1, 0.15) is 11.9 Å². The normalized spacial score (nSPS) is 11.2. The standard InChI is InChI=1S/C16H20N4O4/c1-16(2,3)10-6-7-13(24-5)11(8-10)17-15(21)14-12(20(22)23)9-19(4)18-14/h6-9H,1-5H3,(H,17,21). The summed E-state index contributed by atoms with van der Waals surface area (Å²) in [7, 11) is 3.01. The van der Waals surface area contributed by atoms with Crippen LogP contribution in [0.3, 0.4) is 0 Å². The number of anilines is 1. The van der Waals surface area contributed by atoms with Crippen LogP contribution in [0, 0.1) is 10.1 Å². The molecule has 0 saturated carbocycles. The fourth-order valence-electron chi connectivity index (χ4n) is 2.22. The van der Waals surface area contributed by atoms with Crippen molar-refractivity contribution >= 4 is 17.3 Å². The van der Waals surface area contributed by atoms with Gasteiger partial charge in [0.15, 0.2) is 0 Å². The van der Waals surface area contributed by atoms with Crippen molar-refractivity contribution in [2.75, 3.05) is 12.4 Å². The molecule has 2 rings (SSSR count). The van der Waals surface area contributed by atoms with Crippen molar-refractivity contribution in [1.82, 2.24) is 9.78 Å². The Kier molecular flexibility index (Phi) is 4.59. The Hall–Kier alpha value is -2.90. The third-order valence-corrected chi connectivity index (χ3v) is 3.53. The average Bonchev–Trinajstić information content (AvgIpc) is 2.88. The number of carbonyl (C=O) groups is 1. The Balaban J connectivity index is 2.40. The number of amides is 1. The molecule has 1 heterocycles. The molecule has 8 heteroatoms. The van der Waals surface area contributed by atoms with Crippen LogP contribution in [0.4, 0.5) is 11.4 Å². The highest BCUT2D eigenvalue weighted by Gasteiger charge is 2.26. The second kappa shape index (κ2) is 6.31. The Labute approximate surface area is 139 Å². The summed E-state index contributed by atoms with van der Waals surface area (Å²) in [5.74, 6) is -0.193. The number of rotatable bonds is 4. The minimum atomic E-state index is -0.661. The molecule has 2 aromatic rings. The molecule has 0 unspecified atom stereocenters. The number of carbonyl (C=O) groups excluding carboxylic acids is 1. The van der Waals surface area contributed by atoms with E-state index in [1.165, 1.54) is 25.0 Å². The molecule has 1 aromatic carbocycles. The summed E-state index contributed by atoms with van der Waals surface area (Å²) in [6.07, 6.45) is 1.19. The van der Waals surface area contributed by atoms with E-state index in [4.69, 9.17) is 4.74 Å². The van der Waals surface area contributed by atoms with Crippen LogP contribution in [0.2, 0.25) is 0 Å². The van der Waals surface area contributed by atoms with E-state index < -0.39 is 10.8 Å². The molecule has 1 N–H and O–H groups in total. The van der Waals surface area contributed by atoms with Crippen LogP contribution in [-0.4, -0.2) is 27.7 Å². The summed E-state index contributed by atoms with van der Waals surface area (Å²) in [4.78, 5) is 22.8. The first-order valence-electron chi connectivity index (χ1n) is 7.31. The van der Waals surface area contributed by atoms with Gasteiger partial charge in [0.2, 0.25) is 5.69 Å². The summed E-state index contributed by atoms with van der Waals surface area (Å²) in [5.41, 5.74) is 0.721. The average molecular weight is 332 g/mol. The number of hydrogen-bond donors (Lipinski definition) is 1. The van der Waals surface area contributed by atoms with Gasteiger partial charge in [-0.15, -0.1) is 0 Å². The van der Waals surface area contributed by atoms with Gasteiger partial charge >= 0.3 is 5.69 Å². The third kappa shape index (κ3) is 3.53. The van der Waals surface area contributed by atoms with Crippen molar-refractivity contribution in [3.05, 3.63) is 45.8 Å². The lowest BCUT2D eigenvalue weighted by molar-refractivity contribution is -0.385. The number of benzene rings is 1. The highest BCUT2D eigenvalue weighted by molar-refractivity contribution is 6.06. The molecule has 0 spiro atoms. The van der Waals surface area contributed by atoms with E-state index in [0.717, 1.165) is 5.56 Å². The highest BCUT2D eigenvalue weighted by Crippen LogP contribution is 2.32. The van der Waals surface area contributed by atoms with E-state index in [2.05, 4.69) is 10.4 Å². The quantitative estimate of drug-likeness (QED) is 0.685. The third-order valence-electron chi connectivity index (χ3n) is 3.53. The number of methoxy groups -OCH3 is 1. The van der Waals surface area contributed by atoms with E-state index >= 15 is 0 Å². The van der Waals surface area contributed by atoms with Crippen molar-refractivity contribution < 1.29 is 14.5 Å². The van der Waals surface area contributed by atoms with Gasteiger partial charge in [-0.3, -0.25) is 19.6 Å². The molecule has 24 heavy (non-hydrogen) atoms. The maximum absolute atomic E-state index is 12.4. The zero-order valence-electron chi connectivity index (χ0n) is 14.3. The molecule has 1 amide bonds. The predicted molar refractivity (Wildman–Crippen MR) is 89.5 cm³/mol. The fourth-order valence-corrected chi connectivity index (χ4v) is 2.22. The van der Waals surface area contributed by atoms with Crippen molar-refractivity contribution in [3.8, 4) is 5.75 Å². The first-order chi connectivity index (χ1) is 11.1. The lowest BCUT2D eigenvalue weighted by Crippen LogP contribution is -2.17. The van der Waals surface area contributed by atoms with Gasteiger partial charge in [-0.1, -0.05) is 26.8 Å². The van der Waals surface area contributed by atoms with Gasteiger partial charge in [-0.25, -0.2) is 0 Å². The van der Waals surface area contributed by atoms with Crippen molar-refractivity contribution in [1.29, 1.82) is 0 Å². The Morgan fingerprint density at radius 2 is 2.04 bits per heavy atom. The molecular weight excluding hydrogens is 312 g/mol. The number of aryl methyl sites for hydroxylation is 1. The summed E-state index contributed by atoms with van der Waals surface area (Å²) in [6, 6.07) is 5.46. The van der Waals surface area contributed by atoms with E-state index in [0.29, 0.717) is 11.4 Å². The maximum atomic E-state index is 12.4. The minimum absolute atomic E-state index is 0.122. The SMILES string of the molecule is COc1ccc(C(C)(C)C)cc1NC(=O)c1nn(C)cc1[N+](=O)[O-]. The van der Waals surface area contributed by atoms with Crippen LogP contribution in [0.1, 0.15) is 36.8 Å². The Morgan fingerprint density at radius 3 is 2.58 bits per heavy atom. The molecule has 1 aromatic heterocycles. The van der Waals surface area contributed by atoms with Gasteiger partial charge in [0, 0.05) is 7.05 Å². The van der Waals surface area contributed by atoms with Gasteiger partial charge in [-0.05, 0) is 23.1 Å². The molecule has 0 aliphatic heterocycles. The molecule has 0 fully saturated rings. The minimum Gasteiger partial charge on any atom is -0.495 e. The van der Waals surface area contributed by atoms with E-state index in [-0.39, 0.29) is 16.8 Å². The van der Waals surface area contributed by atoms with Gasteiger partial charge in [-0.2, -0.15) is 5.10 Å². The zero-order valence-corrected chi connectivity index (χ0v) is 14.3. The molecule has 0 radical (unpaired) electrons. The van der Waals surface area contributed by atoms with Crippen LogP contribution in [0.15, 0.2) is 24.4 Å². The number of nitrogens with one attached hydrogen (secondary N) is 1. The molecule has 0 aliphatic carbocycles. The molecule has 128 valence electrons. The summed E-state index contributed by atoms with van der Waals surface area (Å²) >= 11 is 0. The number of ether oxygens (including phenoxy) is 1. The number of aromatic nitrogens is 2. The van der Waals surface area contributed by atoms with E-state index in [1.807, 2.05) is 26.8 Å². The van der Waals surface area contributed by atoms with Crippen LogP contribution < -0.4 is 10.1 Å². The lowest BCUT2D eigenvalue weighted by Gasteiger charge is -2.21. The first kappa shape index (κ1) is 17.5. The first-order valence-corrected chi connectivity index (χ1v) is 7.31. The smallest absolute Gasteiger partial charge is 0.320 e. The Morgan fingerprint density at radius 1 is 1.38 bits per heavy atom. The summed E-state index contributed by atoms with van der Waals surface area (Å²) in [5, 5.41) is 17.6. The second-order valence-corrected chi connectivity index (χ2v) is 6.41. The van der Waals surface area contributed by atoms with Crippen LogP contribution in [-0.2, 0) is 12.5 Å². The zero-order chi connectivity index (χ0) is 18.1. The maximum Gasteiger partial charge on any atom is 0.320 e. The van der Waals surface area contributed by atoms with Crippen LogP contribution >= 0.6 is 0 Å². The topological polar surface area (TPSA) is 99.3 Å². The predicted octanol–water partition coefficient (Wildman–Crippen LogP) is 2.89. The molecular formula is C16H20N4O4. The lowest BCUT2D eigenvalue weighted by atomic mass is 9.87. The summed E-state index contributed by atoms with van der Waals surface area (Å²) in [6.45, 7) is 6.14. The highest BCUT2D eigenvalue weighted by atomic mass is 16.6. The molecule has 0 saturated heterocycles. The van der Waals surface area contributed by atoms with Crippen molar-refractivity contribution in [2.24, 2.45) is 7.05 Å². The van der Waals surface area contributed by atoms with Gasteiger partial charge in [0.05, 0.1) is 17.7 Å². The van der Waals surface area contributed by atoms with Crippen molar-refractivity contribution in [3.63, 3.8) is 0 Å². The number of nitro groups is 1. The van der Waals surface area contributed by atoms with Crippen LogP contribution in [0.25, 0.3) is 0 Å². The van der Waals surface area contributed by atoms with Crippen molar-refractivity contribution in [2.45, 2.75) is 26.2 Å². The summed E-state index contributed by atoms with van der Waals surface area (Å²) < 4.78 is 6.49. The number of hydrogen-bond acceptors (Lipinski definition) is 5. The van der Waals surface area contributed by atoms with Gasteiger partial charge in [0.25, 0.3) is 5.91 Å². The molecule has 0 bridgehead atoms. The largest absolute Gasteiger partial charge is 0.495 e. The molecule has 8 nitrogen and oxygen atoms in total. The van der Waals surface area contributed by atoms with Gasteiger partial charge < -0.3 is 10.1 Å². The second-order valence-electron chi connectivity index (χ2n) is 6.41. The number of nitrogens with zero attached hydrogens (tertiary/aromatic N) is 3. The molecule has 0 aliphatic rings. The van der Waals surface area contributed by atoms with E-state index in [1.54, 1.807) is 12.1 Å².